The molecular formula is C28H35ClO8. The van der Waals surface area contributed by atoms with Gasteiger partial charge < -0.3 is 23.4 Å². The van der Waals surface area contributed by atoms with Crippen LogP contribution in [0.4, 0.5) is 0 Å². The van der Waals surface area contributed by atoms with E-state index in [1.54, 1.807) is 13.0 Å². The van der Waals surface area contributed by atoms with Crippen LogP contribution in [0.25, 0.3) is 11.0 Å². The number of hydrogen-bond donors (Lipinski definition) is 0. The Hall–Kier alpha value is -1.68. The van der Waals surface area contributed by atoms with Crippen molar-refractivity contribution < 1.29 is 33.1 Å². The van der Waals surface area contributed by atoms with Crippen molar-refractivity contribution in [2.24, 2.45) is 23.7 Å². The van der Waals surface area contributed by atoms with E-state index in [1.165, 1.54) is 0 Å². The summed E-state index contributed by atoms with van der Waals surface area (Å²) in [6.07, 6.45) is 3.77. The zero-order valence-electron chi connectivity index (χ0n) is 21.8. The molecule has 1 aliphatic carbocycles. The van der Waals surface area contributed by atoms with Crippen LogP contribution >= 0.6 is 11.6 Å². The third kappa shape index (κ3) is 4.21. The Balaban J connectivity index is 1.08. The highest BCUT2D eigenvalue weighted by Crippen LogP contribution is 2.60. The van der Waals surface area contributed by atoms with E-state index in [9.17, 15) is 4.79 Å². The fourth-order valence-corrected chi connectivity index (χ4v) is 7.05. The summed E-state index contributed by atoms with van der Waals surface area (Å²) < 4.78 is 30.3. The van der Waals surface area contributed by atoms with E-state index in [2.05, 4.69) is 13.8 Å². The molecule has 8 nitrogen and oxygen atoms in total. The molecule has 7 rings (SSSR count). The average Bonchev–Trinajstić information content (AvgIpc) is 3.11. The van der Waals surface area contributed by atoms with E-state index in [1.807, 2.05) is 19.1 Å². The van der Waals surface area contributed by atoms with Gasteiger partial charge in [0.15, 0.2) is 18.2 Å². The molecule has 2 aromatic rings. The lowest BCUT2D eigenvalue weighted by Gasteiger charge is -2.60. The van der Waals surface area contributed by atoms with Crippen LogP contribution in [0.5, 0.6) is 5.75 Å². The number of halogens is 1. The molecule has 1 aromatic carbocycles. The van der Waals surface area contributed by atoms with Gasteiger partial charge in [0, 0.05) is 36.1 Å². The maximum Gasteiger partial charge on any atom is 0.355 e. The summed E-state index contributed by atoms with van der Waals surface area (Å²) in [5.41, 5.74) is 0.0312. The molecule has 1 aromatic heterocycles. The number of benzene rings is 1. The van der Waals surface area contributed by atoms with Gasteiger partial charge in [-0.25, -0.2) is 14.6 Å². The van der Waals surface area contributed by atoms with Gasteiger partial charge in [0.25, 0.3) is 0 Å². The molecule has 37 heavy (non-hydrogen) atoms. The van der Waals surface area contributed by atoms with Gasteiger partial charge in [-0.15, -0.1) is 0 Å². The monoisotopic (exact) mass is 534 g/mol. The van der Waals surface area contributed by atoms with Crippen molar-refractivity contribution in [3.05, 3.63) is 39.2 Å². The largest absolute Gasteiger partial charge is 0.493 e. The van der Waals surface area contributed by atoms with Crippen molar-refractivity contribution >= 4 is 22.6 Å². The molecule has 1 spiro atoms. The molecular weight excluding hydrogens is 500 g/mol. The fraction of sp³-hybridized carbons (Fsp3) is 0.679. The highest BCUT2D eigenvalue weighted by atomic mass is 35.5. The molecule has 8 atom stereocenters. The number of fused-ring (bicyclic) bond motifs is 3. The first-order valence-corrected chi connectivity index (χ1v) is 13.8. The van der Waals surface area contributed by atoms with Crippen molar-refractivity contribution in [3.63, 3.8) is 0 Å². The second-order valence-electron chi connectivity index (χ2n) is 11.3. The summed E-state index contributed by atoms with van der Waals surface area (Å²) >= 11 is 6.01. The van der Waals surface area contributed by atoms with E-state index in [-0.39, 0.29) is 23.1 Å². The van der Waals surface area contributed by atoms with Crippen LogP contribution < -0.4 is 10.4 Å². The van der Waals surface area contributed by atoms with Crippen molar-refractivity contribution in [1.29, 1.82) is 0 Å². The quantitative estimate of drug-likeness (QED) is 0.263. The summed E-state index contributed by atoms with van der Waals surface area (Å²) in [5.74, 6) is 1.07. The van der Waals surface area contributed by atoms with Gasteiger partial charge in [0.1, 0.15) is 16.4 Å². The Kier molecular flexibility index (Phi) is 6.57. The third-order valence-electron chi connectivity index (χ3n) is 9.00. The Morgan fingerprint density at radius 2 is 1.95 bits per heavy atom. The summed E-state index contributed by atoms with van der Waals surface area (Å²) in [6, 6.07) is 5.41. The normalized spacial score (nSPS) is 38.8. The second kappa shape index (κ2) is 9.50. The Labute approximate surface area is 221 Å². The molecule has 5 heterocycles. The molecule has 202 valence electrons. The van der Waals surface area contributed by atoms with Crippen LogP contribution in [-0.2, 0) is 24.0 Å². The van der Waals surface area contributed by atoms with Crippen LogP contribution in [0.1, 0.15) is 58.4 Å². The van der Waals surface area contributed by atoms with Crippen molar-refractivity contribution in [1.82, 2.24) is 0 Å². The second-order valence-corrected chi connectivity index (χ2v) is 11.7. The molecule has 4 aliphatic heterocycles. The maximum absolute atomic E-state index is 11.9. The molecule has 5 fully saturated rings. The van der Waals surface area contributed by atoms with E-state index >= 15 is 0 Å². The lowest BCUT2D eigenvalue weighted by Crippen LogP contribution is -2.70. The van der Waals surface area contributed by atoms with Gasteiger partial charge in [-0.2, -0.15) is 0 Å². The molecule has 4 saturated heterocycles. The third-order valence-corrected chi connectivity index (χ3v) is 9.44. The van der Waals surface area contributed by atoms with Gasteiger partial charge in [-0.3, -0.25) is 0 Å². The summed E-state index contributed by atoms with van der Waals surface area (Å²) in [7, 11) is 0. The van der Waals surface area contributed by atoms with Crippen LogP contribution in [0.3, 0.4) is 0 Å². The van der Waals surface area contributed by atoms with Crippen LogP contribution in [0.2, 0.25) is 5.02 Å². The zero-order chi connectivity index (χ0) is 25.9. The Bertz CT molecular complexity index is 1230. The van der Waals surface area contributed by atoms with Gasteiger partial charge in [0.05, 0.1) is 13.2 Å². The van der Waals surface area contributed by atoms with Gasteiger partial charge in [0.2, 0.25) is 5.79 Å². The fourth-order valence-electron chi connectivity index (χ4n) is 6.91. The topological polar surface area (TPSA) is 85.6 Å². The minimum Gasteiger partial charge on any atom is -0.493 e. The van der Waals surface area contributed by atoms with Crippen molar-refractivity contribution in [2.75, 3.05) is 13.2 Å². The van der Waals surface area contributed by atoms with E-state index in [4.69, 9.17) is 44.7 Å². The molecule has 0 N–H and O–H groups in total. The maximum atomic E-state index is 11.9. The minimum atomic E-state index is -0.792. The van der Waals surface area contributed by atoms with Crippen LogP contribution in [-0.4, -0.2) is 37.2 Å². The smallest absolute Gasteiger partial charge is 0.355 e. The summed E-state index contributed by atoms with van der Waals surface area (Å²) in [5, 5.41) is 0.899. The molecule has 0 unspecified atom stereocenters. The number of rotatable bonds is 6. The highest BCUT2D eigenvalue weighted by molar-refractivity contribution is 6.31. The predicted octanol–water partition coefficient (Wildman–Crippen LogP) is 5.75. The minimum absolute atomic E-state index is 0.108. The molecule has 5 aliphatic rings. The first kappa shape index (κ1) is 25.6. The Morgan fingerprint density at radius 1 is 1.11 bits per heavy atom. The molecule has 0 amide bonds. The van der Waals surface area contributed by atoms with Gasteiger partial charge >= 0.3 is 5.63 Å². The molecule has 1 saturated carbocycles. The lowest BCUT2D eigenvalue weighted by atomic mass is 9.58. The standard InChI is InChI=1S/C28H35ClO8/c1-15-6-9-21-17(3)25(34-26-28(21)20(15)10-11-27(4,35-26)36-37-28)32-13-5-12-31-18-7-8-19-16(2)23(29)24(30)33-22(19)14-18/h7-8,14-15,17,20-21,25-26H,5-6,9-13H2,1-4H3/t15-,17-,20+,21+,25+,26-,27-,28-/m1/s1. The van der Waals surface area contributed by atoms with Crippen molar-refractivity contribution in [2.45, 2.75) is 83.8 Å². The molecule has 9 heteroatoms. The number of hydrogen-bond acceptors (Lipinski definition) is 8. The van der Waals surface area contributed by atoms with E-state index in [0.29, 0.717) is 48.4 Å². The van der Waals surface area contributed by atoms with E-state index in [0.717, 1.165) is 31.1 Å². The molecule has 2 bridgehead atoms. The van der Waals surface area contributed by atoms with Crippen molar-refractivity contribution in [3.8, 4) is 5.75 Å². The first-order valence-electron chi connectivity index (χ1n) is 13.4. The van der Waals surface area contributed by atoms with E-state index < -0.39 is 23.3 Å². The lowest BCUT2D eigenvalue weighted by molar-refractivity contribution is -0.577. The van der Waals surface area contributed by atoms with Gasteiger partial charge in [-0.05, 0) is 62.6 Å². The number of aryl methyl sites for hydroxylation is 1. The predicted molar refractivity (Wildman–Crippen MR) is 135 cm³/mol. The first-order chi connectivity index (χ1) is 17.7. The number of ether oxygens (including phenoxy) is 4. The zero-order valence-corrected chi connectivity index (χ0v) is 22.5. The summed E-state index contributed by atoms with van der Waals surface area (Å²) in [4.78, 5) is 24.0. The van der Waals surface area contributed by atoms with Gasteiger partial charge in [-0.1, -0.05) is 25.4 Å². The SMILES string of the molecule is Cc1c(Cl)c(=O)oc2cc(OCCCO[C@H]3O[C@@H]4O[C@@]5(C)CC[C@H]6[C@H](C)CC[C@@H]([C@H]3C)[C@@]46OO5)ccc12. The van der Waals surface area contributed by atoms with Crippen LogP contribution in [0.15, 0.2) is 27.4 Å². The highest BCUT2D eigenvalue weighted by Gasteiger charge is 2.69. The van der Waals surface area contributed by atoms with Crippen LogP contribution in [0, 0.1) is 30.6 Å². The molecule has 0 radical (unpaired) electrons. The summed E-state index contributed by atoms with van der Waals surface area (Å²) in [6.45, 7) is 9.15. The average molecular weight is 535 g/mol. The Morgan fingerprint density at radius 3 is 2.78 bits per heavy atom.